The summed E-state index contributed by atoms with van der Waals surface area (Å²) in [6, 6.07) is 0. The zero-order valence-electron chi connectivity index (χ0n) is 6.46. The van der Waals surface area contributed by atoms with Crippen molar-refractivity contribution in [2.24, 2.45) is 0 Å². The van der Waals surface area contributed by atoms with Crippen LogP contribution in [0.5, 0.6) is 0 Å². The number of aliphatic hydroxyl groups excluding tert-OH is 2. The van der Waals surface area contributed by atoms with E-state index in [0.717, 1.165) is 0 Å². The van der Waals surface area contributed by atoms with Crippen molar-refractivity contribution in [2.75, 3.05) is 7.11 Å². The maximum Gasteiger partial charge on any atom is 0.151 e. The molecule has 3 heteroatoms. The first-order valence-electron chi connectivity index (χ1n) is 2.89. The first-order valence-corrected chi connectivity index (χ1v) is 2.89. The summed E-state index contributed by atoms with van der Waals surface area (Å²) in [6.45, 7) is 5.00. The Morgan fingerprint density at radius 1 is 1.11 bits per heavy atom. The van der Waals surface area contributed by atoms with Crippen molar-refractivity contribution >= 4 is 0 Å². The van der Waals surface area contributed by atoms with Gasteiger partial charge in [-0.3, -0.25) is 0 Å². The average molecular weight is 136 g/mol. The fraction of sp³-hybridized carbons (Fsp3) is 1.00. The Balaban J connectivity index is 0. The molecular formula is C6H16O3. The molecule has 0 aromatic rings. The molecule has 3 nitrogen and oxygen atoms in total. The minimum atomic E-state index is -0.616. The topological polar surface area (TPSA) is 49.7 Å². The second-order valence-corrected chi connectivity index (χ2v) is 1.93. The van der Waals surface area contributed by atoms with Gasteiger partial charge >= 0.3 is 0 Å². The molecule has 0 aromatic carbocycles. The quantitative estimate of drug-likeness (QED) is 0.512. The number of hydrogen-bond donors (Lipinski definition) is 2. The van der Waals surface area contributed by atoms with Gasteiger partial charge in [0.1, 0.15) is 0 Å². The maximum atomic E-state index is 8.14. The molecule has 0 heterocycles. The first-order chi connectivity index (χ1) is 4.00. The van der Waals surface area contributed by atoms with E-state index < -0.39 is 6.29 Å². The standard InChI is InChI=1S/C3H8O2.C3H8O/c1-3(4)5-2;1-3(2)4/h3-4H,1-2H3;3-4H,1-2H3. The fourth-order valence-corrected chi connectivity index (χ4v) is 0. The number of aliphatic hydroxyl groups is 2. The molecule has 0 spiro atoms. The zero-order valence-corrected chi connectivity index (χ0v) is 6.46. The molecule has 9 heavy (non-hydrogen) atoms. The van der Waals surface area contributed by atoms with E-state index in [2.05, 4.69) is 4.74 Å². The van der Waals surface area contributed by atoms with Gasteiger partial charge in [-0.25, -0.2) is 0 Å². The van der Waals surface area contributed by atoms with E-state index in [1.54, 1.807) is 20.8 Å². The smallest absolute Gasteiger partial charge is 0.151 e. The van der Waals surface area contributed by atoms with Gasteiger partial charge in [0.25, 0.3) is 0 Å². The summed E-state index contributed by atoms with van der Waals surface area (Å²) < 4.78 is 4.31. The Morgan fingerprint density at radius 3 is 1.22 bits per heavy atom. The molecule has 0 saturated carbocycles. The lowest BCUT2D eigenvalue weighted by molar-refractivity contribution is -0.0583. The van der Waals surface area contributed by atoms with Gasteiger partial charge < -0.3 is 14.9 Å². The molecule has 0 aliphatic carbocycles. The molecule has 1 unspecified atom stereocenters. The van der Waals surface area contributed by atoms with Gasteiger partial charge in [0.2, 0.25) is 0 Å². The third-order valence-electron chi connectivity index (χ3n) is 0.341. The van der Waals surface area contributed by atoms with Crippen LogP contribution in [0.1, 0.15) is 20.8 Å². The zero-order chi connectivity index (χ0) is 7.86. The van der Waals surface area contributed by atoms with Crippen LogP contribution in [0.25, 0.3) is 0 Å². The highest BCUT2D eigenvalue weighted by molar-refractivity contribution is 4.20. The monoisotopic (exact) mass is 136 g/mol. The first kappa shape index (κ1) is 11.6. The molecule has 0 bridgehead atoms. The molecule has 0 radical (unpaired) electrons. The molecule has 0 rings (SSSR count). The molecular weight excluding hydrogens is 120 g/mol. The van der Waals surface area contributed by atoms with Crippen molar-refractivity contribution in [2.45, 2.75) is 33.2 Å². The number of ether oxygens (including phenoxy) is 1. The fourth-order valence-electron chi connectivity index (χ4n) is 0. The SMILES string of the molecule is CC(C)O.COC(C)O. The van der Waals surface area contributed by atoms with Crippen molar-refractivity contribution in [3.8, 4) is 0 Å². The Kier molecular flexibility index (Phi) is 10.2. The summed E-state index contributed by atoms with van der Waals surface area (Å²) in [5, 5.41) is 16.2. The van der Waals surface area contributed by atoms with Crippen LogP contribution in [0.4, 0.5) is 0 Å². The predicted octanol–water partition coefficient (Wildman–Crippen LogP) is 0.358. The molecule has 0 aliphatic heterocycles. The molecule has 0 aromatic heterocycles. The van der Waals surface area contributed by atoms with Gasteiger partial charge in [0.05, 0.1) is 0 Å². The normalized spacial score (nSPS) is 12.3. The number of rotatable bonds is 1. The van der Waals surface area contributed by atoms with Gasteiger partial charge in [-0.2, -0.15) is 0 Å². The summed E-state index contributed by atoms with van der Waals surface area (Å²) in [6.07, 6.45) is -0.782. The van der Waals surface area contributed by atoms with Crippen molar-refractivity contribution in [3.63, 3.8) is 0 Å². The Labute approximate surface area is 56.3 Å². The lowest BCUT2D eigenvalue weighted by Crippen LogP contribution is -1.99. The van der Waals surface area contributed by atoms with Crippen LogP contribution in [0.15, 0.2) is 0 Å². The largest absolute Gasteiger partial charge is 0.394 e. The van der Waals surface area contributed by atoms with E-state index in [-0.39, 0.29) is 6.10 Å². The van der Waals surface area contributed by atoms with Crippen molar-refractivity contribution in [3.05, 3.63) is 0 Å². The van der Waals surface area contributed by atoms with E-state index >= 15 is 0 Å². The molecule has 0 fully saturated rings. The minimum Gasteiger partial charge on any atom is -0.394 e. The van der Waals surface area contributed by atoms with Gasteiger partial charge in [0.15, 0.2) is 6.29 Å². The van der Waals surface area contributed by atoms with Crippen molar-refractivity contribution in [1.82, 2.24) is 0 Å². The van der Waals surface area contributed by atoms with Crippen molar-refractivity contribution < 1.29 is 14.9 Å². The molecule has 0 aliphatic rings. The maximum absolute atomic E-state index is 8.14. The highest BCUT2D eigenvalue weighted by atomic mass is 16.6. The lowest BCUT2D eigenvalue weighted by atomic mass is 10.5. The molecule has 0 amide bonds. The minimum absolute atomic E-state index is 0.167. The van der Waals surface area contributed by atoms with E-state index in [1.807, 2.05) is 0 Å². The summed E-state index contributed by atoms with van der Waals surface area (Å²) in [7, 11) is 1.45. The summed E-state index contributed by atoms with van der Waals surface area (Å²) in [4.78, 5) is 0. The van der Waals surface area contributed by atoms with Crippen LogP contribution < -0.4 is 0 Å². The molecule has 1 atom stereocenters. The number of methoxy groups -OCH3 is 1. The summed E-state index contributed by atoms with van der Waals surface area (Å²) in [5.41, 5.74) is 0. The second kappa shape index (κ2) is 7.88. The van der Waals surface area contributed by atoms with Crippen LogP contribution in [-0.2, 0) is 4.74 Å². The highest BCUT2D eigenvalue weighted by Gasteiger charge is 1.80. The van der Waals surface area contributed by atoms with Gasteiger partial charge in [0, 0.05) is 13.2 Å². The van der Waals surface area contributed by atoms with Crippen LogP contribution in [-0.4, -0.2) is 29.7 Å². The third kappa shape index (κ3) is 77.1. The van der Waals surface area contributed by atoms with Gasteiger partial charge in [-0.1, -0.05) is 0 Å². The van der Waals surface area contributed by atoms with Crippen LogP contribution in [0, 0.1) is 0 Å². The van der Waals surface area contributed by atoms with Crippen molar-refractivity contribution in [1.29, 1.82) is 0 Å². The van der Waals surface area contributed by atoms with Crippen LogP contribution in [0.2, 0.25) is 0 Å². The lowest BCUT2D eigenvalue weighted by Gasteiger charge is -1.94. The second-order valence-electron chi connectivity index (χ2n) is 1.93. The molecule has 2 N–H and O–H groups in total. The Bertz CT molecular complexity index is 40.8. The molecule has 0 saturated heterocycles. The van der Waals surface area contributed by atoms with E-state index in [1.165, 1.54) is 7.11 Å². The Hall–Kier alpha value is -0.120. The summed E-state index contributed by atoms with van der Waals surface area (Å²) in [5.74, 6) is 0. The van der Waals surface area contributed by atoms with Gasteiger partial charge in [-0.05, 0) is 20.8 Å². The van der Waals surface area contributed by atoms with E-state index in [0.29, 0.717) is 0 Å². The molecule has 58 valence electrons. The van der Waals surface area contributed by atoms with Crippen LogP contribution in [0.3, 0.4) is 0 Å². The Morgan fingerprint density at radius 2 is 1.22 bits per heavy atom. The van der Waals surface area contributed by atoms with Gasteiger partial charge in [-0.15, -0.1) is 0 Å². The van der Waals surface area contributed by atoms with E-state index in [9.17, 15) is 0 Å². The third-order valence-corrected chi connectivity index (χ3v) is 0.341. The summed E-state index contributed by atoms with van der Waals surface area (Å²) >= 11 is 0. The number of hydrogen-bond acceptors (Lipinski definition) is 3. The highest BCUT2D eigenvalue weighted by Crippen LogP contribution is 1.72. The predicted molar refractivity (Wildman–Crippen MR) is 36.0 cm³/mol. The van der Waals surface area contributed by atoms with Crippen LogP contribution >= 0.6 is 0 Å². The van der Waals surface area contributed by atoms with E-state index in [4.69, 9.17) is 10.2 Å². The average Bonchev–Trinajstić information content (AvgIpc) is 1.65.